The van der Waals surface area contributed by atoms with Crippen LogP contribution in [0, 0.1) is 0 Å². The zero-order chi connectivity index (χ0) is 10.1. The van der Waals surface area contributed by atoms with Gasteiger partial charge in [0.2, 0.25) is 0 Å². The average molecular weight is 180 g/mol. The van der Waals surface area contributed by atoms with Gasteiger partial charge < -0.3 is 15.0 Å². The molecule has 0 aliphatic carbocycles. The van der Waals surface area contributed by atoms with Gasteiger partial charge in [0, 0.05) is 5.56 Å². The molecule has 0 heterocycles. The van der Waals surface area contributed by atoms with Crippen molar-refractivity contribution in [2.45, 2.75) is 19.3 Å². The SMILES string of the molecule is CC(C)(C=O)c1c(O)cccc1O. The van der Waals surface area contributed by atoms with Gasteiger partial charge in [-0.25, -0.2) is 0 Å². The second kappa shape index (κ2) is 3.09. The van der Waals surface area contributed by atoms with Gasteiger partial charge in [-0.1, -0.05) is 6.07 Å². The molecule has 0 atom stereocenters. The van der Waals surface area contributed by atoms with E-state index in [-0.39, 0.29) is 17.1 Å². The Hall–Kier alpha value is -1.51. The van der Waals surface area contributed by atoms with Gasteiger partial charge in [-0.3, -0.25) is 0 Å². The highest BCUT2D eigenvalue weighted by molar-refractivity contribution is 5.71. The van der Waals surface area contributed by atoms with Crippen LogP contribution in [-0.4, -0.2) is 16.5 Å². The molecule has 0 amide bonds. The van der Waals surface area contributed by atoms with E-state index in [4.69, 9.17) is 0 Å². The summed E-state index contributed by atoms with van der Waals surface area (Å²) in [4.78, 5) is 10.7. The Balaban J connectivity index is 3.36. The highest BCUT2D eigenvalue weighted by Crippen LogP contribution is 2.36. The van der Waals surface area contributed by atoms with Crippen molar-refractivity contribution in [3.05, 3.63) is 23.8 Å². The van der Waals surface area contributed by atoms with E-state index in [1.807, 2.05) is 0 Å². The molecular weight excluding hydrogens is 168 g/mol. The quantitative estimate of drug-likeness (QED) is 0.679. The summed E-state index contributed by atoms with van der Waals surface area (Å²) in [5.74, 6) is -0.116. The van der Waals surface area contributed by atoms with Crippen molar-refractivity contribution < 1.29 is 15.0 Å². The van der Waals surface area contributed by atoms with Crippen LogP contribution in [0.15, 0.2) is 18.2 Å². The highest BCUT2D eigenvalue weighted by atomic mass is 16.3. The van der Waals surface area contributed by atoms with Crippen LogP contribution in [0.5, 0.6) is 11.5 Å². The van der Waals surface area contributed by atoms with Gasteiger partial charge in [-0.15, -0.1) is 0 Å². The maximum Gasteiger partial charge on any atom is 0.130 e. The molecule has 70 valence electrons. The van der Waals surface area contributed by atoms with E-state index in [1.54, 1.807) is 13.8 Å². The second-order valence-electron chi connectivity index (χ2n) is 3.51. The first-order valence-electron chi connectivity index (χ1n) is 3.97. The van der Waals surface area contributed by atoms with Gasteiger partial charge in [-0.05, 0) is 26.0 Å². The van der Waals surface area contributed by atoms with Gasteiger partial charge in [0.05, 0.1) is 5.41 Å². The molecule has 0 aromatic heterocycles. The molecule has 13 heavy (non-hydrogen) atoms. The number of phenolic OH excluding ortho intramolecular Hbond substituents is 2. The van der Waals surface area contributed by atoms with Gasteiger partial charge >= 0.3 is 0 Å². The third kappa shape index (κ3) is 1.64. The minimum absolute atomic E-state index is 0.0582. The molecule has 1 aromatic carbocycles. The maximum absolute atomic E-state index is 10.7. The molecule has 0 aliphatic rings. The van der Waals surface area contributed by atoms with Crippen molar-refractivity contribution in [1.29, 1.82) is 0 Å². The smallest absolute Gasteiger partial charge is 0.130 e. The lowest BCUT2D eigenvalue weighted by Crippen LogP contribution is -2.18. The van der Waals surface area contributed by atoms with E-state index in [2.05, 4.69) is 0 Å². The normalized spacial score (nSPS) is 11.2. The third-order valence-electron chi connectivity index (χ3n) is 1.96. The fraction of sp³-hybridized carbons (Fsp3) is 0.300. The number of rotatable bonds is 2. The Labute approximate surface area is 76.6 Å². The standard InChI is InChI=1S/C10H12O3/c1-10(2,6-11)9-7(12)4-3-5-8(9)13/h3-6,12-13H,1-2H3. The second-order valence-corrected chi connectivity index (χ2v) is 3.51. The fourth-order valence-electron chi connectivity index (χ4n) is 1.25. The van der Waals surface area contributed by atoms with Gasteiger partial charge in [0.15, 0.2) is 0 Å². The van der Waals surface area contributed by atoms with Crippen LogP contribution in [0.3, 0.4) is 0 Å². The molecule has 0 aliphatic heterocycles. The first kappa shape index (κ1) is 9.58. The lowest BCUT2D eigenvalue weighted by molar-refractivity contribution is -0.111. The summed E-state index contributed by atoms with van der Waals surface area (Å²) < 4.78 is 0. The Morgan fingerprint density at radius 3 is 2.08 bits per heavy atom. The van der Waals surface area contributed by atoms with Crippen LogP contribution in [0.25, 0.3) is 0 Å². The average Bonchev–Trinajstić information content (AvgIpc) is 2.03. The van der Waals surface area contributed by atoms with Crippen molar-refractivity contribution >= 4 is 6.29 Å². The zero-order valence-electron chi connectivity index (χ0n) is 7.61. The first-order chi connectivity index (χ1) is 5.99. The predicted octanol–water partition coefficient (Wildman–Crippen LogP) is 1.57. The van der Waals surface area contributed by atoms with Crippen LogP contribution >= 0.6 is 0 Å². The van der Waals surface area contributed by atoms with Crippen LogP contribution in [0.4, 0.5) is 0 Å². The minimum Gasteiger partial charge on any atom is -0.507 e. The van der Waals surface area contributed by atoms with Crippen LogP contribution < -0.4 is 0 Å². The zero-order valence-corrected chi connectivity index (χ0v) is 7.61. The number of aromatic hydroxyl groups is 2. The Kier molecular flexibility index (Phi) is 2.28. The molecule has 1 rings (SSSR count). The summed E-state index contributed by atoms with van der Waals surface area (Å²) in [5.41, 5.74) is -0.597. The number of hydrogen-bond donors (Lipinski definition) is 2. The molecule has 3 nitrogen and oxygen atoms in total. The van der Waals surface area contributed by atoms with E-state index in [0.29, 0.717) is 6.29 Å². The lowest BCUT2D eigenvalue weighted by Gasteiger charge is -2.19. The Morgan fingerprint density at radius 2 is 1.69 bits per heavy atom. The van der Waals surface area contributed by atoms with Gasteiger partial charge in [0.25, 0.3) is 0 Å². The molecule has 0 radical (unpaired) electrons. The largest absolute Gasteiger partial charge is 0.507 e. The molecule has 1 aromatic rings. The van der Waals surface area contributed by atoms with E-state index in [9.17, 15) is 15.0 Å². The molecule has 0 spiro atoms. The number of carbonyl (C=O) groups is 1. The topological polar surface area (TPSA) is 57.5 Å². The number of aldehydes is 1. The molecular formula is C10H12O3. The number of benzene rings is 1. The van der Waals surface area contributed by atoms with E-state index >= 15 is 0 Å². The van der Waals surface area contributed by atoms with Crippen molar-refractivity contribution in [3.8, 4) is 11.5 Å². The van der Waals surface area contributed by atoms with Crippen molar-refractivity contribution in [1.82, 2.24) is 0 Å². The molecule has 0 fully saturated rings. The molecule has 0 saturated heterocycles. The van der Waals surface area contributed by atoms with Gasteiger partial charge in [-0.2, -0.15) is 0 Å². The monoisotopic (exact) mass is 180 g/mol. The van der Waals surface area contributed by atoms with E-state index in [0.717, 1.165) is 0 Å². The van der Waals surface area contributed by atoms with Crippen molar-refractivity contribution in [3.63, 3.8) is 0 Å². The molecule has 2 N–H and O–H groups in total. The molecule has 0 bridgehead atoms. The first-order valence-corrected chi connectivity index (χ1v) is 3.97. The van der Waals surface area contributed by atoms with Crippen LogP contribution in [0.1, 0.15) is 19.4 Å². The van der Waals surface area contributed by atoms with Gasteiger partial charge in [0.1, 0.15) is 17.8 Å². The summed E-state index contributed by atoms with van der Waals surface area (Å²) in [6, 6.07) is 4.41. The molecule has 0 unspecified atom stereocenters. The lowest BCUT2D eigenvalue weighted by atomic mass is 9.85. The maximum atomic E-state index is 10.7. The van der Waals surface area contributed by atoms with Crippen LogP contribution in [-0.2, 0) is 10.2 Å². The molecule has 3 heteroatoms. The number of phenols is 2. The minimum atomic E-state index is -0.866. The summed E-state index contributed by atoms with van der Waals surface area (Å²) in [5, 5.41) is 18.9. The summed E-state index contributed by atoms with van der Waals surface area (Å²) in [7, 11) is 0. The van der Waals surface area contributed by atoms with Crippen molar-refractivity contribution in [2.75, 3.05) is 0 Å². The van der Waals surface area contributed by atoms with Crippen LogP contribution in [0.2, 0.25) is 0 Å². The van der Waals surface area contributed by atoms with E-state index < -0.39 is 5.41 Å². The summed E-state index contributed by atoms with van der Waals surface area (Å²) in [6.07, 6.45) is 0.696. The number of hydrogen-bond acceptors (Lipinski definition) is 3. The Morgan fingerprint density at radius 1 is 1.23 bits per heavy atom. The third-order valence-corrected chi connectivity index (χ3v) is 1.96. The van der Waals surface area contributed by atoms with Crippen molar-refractivity contribution in [2.24, 2.45) is 0 Å². The fourth-order valence-corrected chi connectivity index (χ4v) is 1.25. The molecule has 0 saturated carbocycles. The Bertz CT molecular complexity index is 309. The van der Waals surface area contributed by atoms with E-state index in [1.165, 1.54) is 18.2 Å². The number of carbonyl (C=O) groups excluding carboxylic acids is 1. The summed E-state index contributed by atoms with van der Waals surface area (Å²) >= 11 is 0. The highest BCUT2D eigenvalue weighted by Gasteiger charge is 2.26. The summed E-state index contributed by atoms with van der Waals surface area (Å²) in [6.45, 7) is 3.27. The predicted molar refractivity (Wildman–Crippen MR) is 48.9 cm³/mol.